The summed E-state index contributed by atoms with van der Waals surface area (Å²) < 4.78 is 12.8. The van der Waals surface area contributed by atoms with Crippen molar-refractivity contribution in [1.82, 2.24) is 4.90 Å². The number of carbonyl (C=O) groups is 3. The first kappa shape index (κ1) is 14.9. The molecule has 0 saturated heterocycles. The largest absolute Gasteiger partial charge is 0.325 e. The molecule has 2 aromatic carbocycles. The van der Waals surface area contributed by atoms with Gasteiger partial charge in [-0.2, -0.15) is 0 Å². The second-order valence-electron chi connectivity index (χ2n) is 5.30. The molecule has 1 aliphatic heterocycles. The summed E-state index contributed by atoms with van der Waals surface area (Å²) in [5.41, 5.74) is 1.87. The molecular formula is C17H13FN2O3. The molecule has 6 heteroatoms. The van der Waals surface area contributed by atoms with Gasteiger partial charge >= 0.3 is 0 Å². The van der Waals surface area contributed by atoms with E-state index >= 15 is 0 Å². The molecule has 116 valence electrons. The van der Waals surface area contributed by atoms with Crippen molar-refractivity contribution in [3.8, 4) is 0 Å². The van der Waals surface area contributed by atoms with Crippen LogP contribution in [0.1, 0.15) is 26.3 Å². The van der Waals surface area contributed by atoms with Crippen LogP contribution in [0.5, 0.6) is 0 Å². The Labute approximate surface area is 131 Å². The molecule has 1 aliphatic rings. The van der Waals surface area contributed by atoms with Crippen LogP contribution in [-0.4, -0.2) is 29.2 Å². The Bertz CT molecular complexity index is 815. The zero-order valence-corrected chi connectivity index (χ0v) is 12.3. The van der Waals surface area contributed by atoms with Gasteiger partial charge in [0.25, 0.3) is 11.8 Å². The number of hydrogen-bond donors (Lipinski definition) is 1. The van der Waals surface area contributed by atoms with Gasteiger partial charge in [-0.3, -0.25) is 19.3 Å². The Morgan fingerprint density at radius 1 is 1.04 bits per heavy atom. The minimum absolute atomic E-state index is 0.301. The summed E-state index contributed by atoms with van der Waals surface area (Å²) in [7, 11) is 0. The first-order chi connectivity index (χ1) is 11.0. The fourth-order valence-electron chi connectivity index (χ4n) is 2.43. The van der Waals surface area contributed by atoms with Crippen LogP contribution in [0.25, 0.3) is 0 Å². The SMILES string of the molecule is Cc1ccc2c(c1)C(=O)N(CC(=O)Nc1ccc(F)cc1)C2=O. The number of benzene rings is 2. The molecular weight excluding hydrogens is 299 g/mol. The second kappa shape index (κ2) is 5.64. The number of hydrogen-bond acceptors (Lipinski definition) is 3. The first-order valence-electron chi connectivity index (χ1n) is 6.98. The lowest BCUT2D eigenvalue weighted by Crippen LogP contribution is -2.37. The fourth-order valence-corrected chi connectivity index (χ4v) is 2.43. The summed E-state index contributed by atoms with van der Waals surface area (Å²) >= 11 is 0. The molecule has 3 amide bonds. The number of carbonyl (C=O) groups excluding carboxylic acids is 3. The molecule has 5 nitrogen and oxygen atoms in total. The number of amides is 3. The van der Waals surface area contributed by atoms with Crippen LogP contribution in [0.3, 0.4) is 0 Å². The average Bonchev–Trinajstić information content (AvgIpc) is 2.74. The Hall–Kier alpha value is -3.02. The van der Waals surface area contributed by atoms with Crippen molar-refractivity contribution in [2.75, 3.05) is 11.9 Å². The molecule has 0 atom stereocenters. The molecule has 0 fully saturated rings. The van der Waals surface area contributed by atoms with E-state index in [1.54, 1.807) is 18.2 Å². The fraction of sp³-hybridized carbons (Fsp3) is 0.118. The van der Waals surface area contributed by atoms with Gasteiger partial charge in [0, 0.05) is 5.69 Å². The Morgan fingerprint density at radius 3 is 2.39 bits per heavy atom. The molecule has 0 aromatic heterocycles. The quantitative estimate of drug-likeness (QED) is 0.885. The number of rotatable bonds is 3. The summed E-state index contributed by atoms with van der Waals surface area (Å²) in [4.78, 5) is 37.4. The normalized spacial score (nSPS) is 13.2. The lowest BCUT2D eigenvalue weighted by atomic mass is 10.1. The molecule has 0 spiro atoms. The predicted molar refractivity (Wildman–Crippen MR) is 81.6 cm³/mol. The van der Waals surface area contributed by atoms with Crippen LogP contribution in [0.15, 0.2) is 42.5 Å². The predicted octanol–water partition coefficient (Wildman–Crippen LogP) is 2.37. The number of nitrogens with one attached hydrogen (secondary N) is 1. The van der Waals surface area contributed by atoms with Gasteiger partial charge in [0.2, 0.25) is 5.91 Å². The van der Waals surface area contributed by atoms with Crippen molar-refractivity contribution in [1.29, 1.82) is 0 Å². The van der Waals surface area contributed by atoms with E-state index < -0.39 is 23.5 Å². The van der Waals surface area contributed by atoms with Gasteiger partial charge in [-0.15, -0.1) is 0 Å². The van der Waals surface area contributed by atoms with Crippen molar-refractivity contribution in [3.05, 3.63) is 65.0 Å². The Morgan fingerprint density at radius 2 is 1.70 bits per heavy atom. The maximum atomic E-state index is 12.8. The van der Waals surface area contributed by atoms with E-state index in [2.05, 4.69) is 5.32 Å². The maximum absolute atomic E-state index is 12.8. The third-order valence-electron chi connectivity index (χ3n) is 3.56. The lowest BCUT2D eigenvalue weighted by Gasteiger charge is -2.13. The van der Waals surface area contributed by atoms with E-state index in [0.29, 0.717) is 16.8 Å². The van der Waals surface area contributed by atoms with Gasteiger partial charge in [-0.1, -0.05) is 11.6 Å². The molecule has 0 saturated carbocycles. The zero-order chi connectivity index (χ0) is 16.6. The Balaban J connectivity index is 1.73. The van der Waals surface area contributed by atoms with Crippen molar-refractivity contribution >= 4 is 23.4 Å². The summed E-state index contributed by atoms with van der Waals surface area (Å²) in [6.07, 6.45) is 0. The van der Waals surface area contributed by atoms with Crippen molar-refractivity contribution < 1.29 is 18.8 Å². The number of nitrogens with zero attached hydrogens (tertiary/aromatic N) is 1. The van der Waals surface area contributed by atoms with E-state index in [1.165, 1.54) is 24.3 Å². The highest BCUT2D eigenvalue weighted by atomic mass is 19.1. The standard InChI is InChI=1S/C17H13FN2O3/c1-10-2-7-13-14(8-10)17(23)20(16(13)22)9-15(21)19-12-5-3-11(18)4-6-12/h2-8H,9H2,1H3,(H,19,21). The molecule has 1 N–H and O–H groups in total. The molecule has 0 unspecified atom stereocenters. The molecule has 0 radical (unpaired) electrons. The van der Waals surface area contributed by atoms with Crippen LogP contribution >= 0.6 is 0 Å². The molecule has 1 heterocycles. The number of imide groups is 1. The maximum Gasteiger partial charge on any atom is 0.262 e. The average molecular weight is 312 g/mol. The molecule has 23 heavy (non-hydrogen) atoms. The van der Waals surface area contributed by atoms with Crippen molar-refractivity contribution in [3.63, 3.8) is 0 Å². The van der Waals surface area contributed by atoms with E-state index in [-0.39, 0.29) is 6.54 Å². The van der Waals surface area contributed by atoms with Gasteiger partial charge < -0.3 is 5.32 Å². The number of anilines is 1. The minimum atomic E-state index is -0.525. The molecule has 0 aliphatic carbocycles. The molecule has 3 rings (SSSR count). The number of fused-ring (bicyclic) bond motifs is 1. The van der Waals surface area contributed by atoms with Gasteiger partial charge in [0.05, 0.1) is 11.1 Å². The van der Waals surface area contributed by atoms with Crippen LogP contribution in [0.2, 0.25) is 0 Å². The molecule has 2 aromatic rings. The lowest BCUT2D eigenvalue weighted by molar-refractivity contribution is -0.116. The Kier molecular flexibility index (Phi) is 3.65. The van der Waals surface area contributed by atoms with Crippen LogP contribution in [-0.2, 0) is 4.79 Å². The summed E-state index contributed by atoms with van der Waals surface area (Å²) in [6.45, 7) is 1.44. The number of aryl methyl sites for hydroxylation is 1. The van der Waals surface area contributed by atoms with Gasteiger partial charge in [-0.05, 0) is 43.3 Å². The highest BCUT2D eigenvalue weighted by Gasteiger charge is 2.36. The van der Waals surface area contributed by atoms with Crippen LogP contribution < -0.4 is 5.32 Å². The van der Waals surface area contributed by atoms with E-state index in [0.717, 1.165) is 10.5 Å². The van der Waals surface area contributed by atoms with Gasteiger partial charge in [0.15, 0.2) is 0 Å². The van der Waals surface area contributed by atoms with Crippen LogP contribution in [0, 0.1) is 12.7 Å². The third-order valence-corrected chi connectivity index (χ3v) is 3.56. The topological polar surface area (TPSA) is 66.5 Å². The highest BCUT2D eigenvalue weighted by molar-refractivity contribution is 6.22. The van der Waals surface area contributed by atoms with Gasteiger partial charge in [0.1, 0.15) is 12.4 Å². The van der Waals surface area contributed by atoms with E-state index in [9.17, 15) is 18.8 Å². The second-order valence-corrected chi connectivity index (χ2v) is 5.30. The first-order valence-corrected chi connectivity index (χ1v) is 6.98. The monoisotopic (exact) mass is 312 g/mol. The summed E-state index contributed by atoms with van der Waals surface area (Å²) in [6, 6.07) is 10.2. The smallest absolute Gasteiger partial charge is 0.262 e. The third kappa shape index (κ3) is 2.83. The van der Waals surface area contributed by atoms with Crippen molar-refractivity contribution in [2.45, 2.75) is 6.92 Å². The molecule has 0 bridgehead atoms. The van der Waals surface area contributed by atoms with E-state index in [4.69, 9.17) is 0 Å². The number of halogens is 1. The highest BCUT2D eigenvalue weighted by Crippen LogP contribution is 2.23. The van der Waals surface area contributed by atoms with Crippen LogP contribution in [0.4, 0.5) is 10.1 Å². The van der Waals surface area contributed by atoms with Crippen molar-refractivity contribution in [2.24, 2.45) is 0 Å². The summed E-state index contributed by atoms with van der Waals surface area (Å²) in [5.74, 6) is -1.91. The van der Waals surface area contributed by atoms with E-state index in [1.807, 2.05) is 6.92 Å². The minimum Gasteiger partial charge on any atom is -0.325 e. The van der Waals surface area contributed by atoms with Gasteiger partial charge in [-0.25, -0.2) is 4.39 Å². The summed E-state index contributed by atoms with van der Waals surface area (Å²) in [5, 5.41) is 2.52. The zero-order valence-electron chi connectivity index (χ0n) is 12.3.